The van der Waals surface area contributed by atoms with Crippen LogP contribution in [-0.2, 0) is 6.54 Å². The number of aromatic nitrogens is 3. The van der Waals surface area contributed by atoms with Gasteiger partial charge in [0.25, 0.3) is 5.91 Å². The van der Waals surface area contributed by atoms with Gasteiger partial charge in [0, 0.05) is 12.7 Å². The molecular formula is C15H15ClN4O. The van der Waals surface area contributed by atoms with Crippen molar-refractivity contribution in [3.05, 3.63) is 47.2 Å². The average Bonchev–Trinajstić information content (AvgIpc) is 3.02. The highest BCUT2D eigenvalue weighted by Crippen LogP contribution is 2.17. The number of fused-ring (bicyclic) bond motifs is 1. The quantitative estimate of drug-likeness (QED) is 0.772. The number of nitrogens with zero attached hydrogens (tertiary/aromatic N) is 2. The van der Waals surface area contributed by atoms with E-state index in [-0.39, 0.29) is 5.91 Å². The maximum Gasteiger partial charge on any atom is 0.274 e. The van der Waals surface area contributed by atoms with Crippen LogP contribution >= 0.6 is 11.6 Å². The van der Waals surface area contributed by atoms with Crippen LogP contribution in [0.3, 0.4) is 0 Å². The highest BCUT2D eigenvalue weighted by molar-refractivity contribution is 6.31. The van der Waals surface area contributed by atoms with Gasteiger partial charge in [-0.2, -0.15) is 0 Å². The average molecular weight is 303 g/mol. The van der Waals surface area contributed by atoms with E-state index in [2.05, 4.69) is 22.2 Å². The number of rotatable bonds is 4. The number of aromatic amines is 1. The highest BCUT2D eigenvalue weighted by Gasteiger charge is 2.14. The fraction of sp³-hybridized carbons (Fsp3) is 0.200. The van der Waals surface area contributed by atoms with E-state index < -0.39 is 0 Å². The fourth-order valence-electron chi connectivity index (χ4n) is 2.27. The zero-order chi connectivity index (χ0) is 14.8. The van der Waals surface area contributed by atoms with E-state index in [1.54, 1.807) is 12.3 Å². The minimum atomic E-state index is -0.227. The van der Waals surface area contributed by atoms with Crippen LogP contribution in [0, 0.1) is 0 Å². The van der Waals surface area contributed by atoms with Gasteiger partial charge in [-0.25, -0.2) is 4.98 Å². The van der Waals surface area contributed by atoms with Crippen LogP contribution in [-0.4, -0.2) is 20.4 Å². The molecule has 0 fully saturated rings. The summed E-state index contributed by atoms with van der Waals surface area (Å²) in [6.07, 6.45) is 2.69. The summed E-state index contributed by atoms with van der Waals surface area (Å²) in [7, 11) is 0. The van der Waals surface area contributed by atoms with Crippen molar-refractivity contribution < 1.29 is 4.79 Å². The Kier molecular flexibility index (Phi) is 3.66. The highest BCUT2D eigenvalue weighted by atomic mass is 35.5. The summed E-state index contributed by atoms with van der Waals surface area (Å²) >= 11 is 5.99. The summed E-state index contributed by atoms with van der Waals surface area (Å²) in [6, 6.07) is 9.28. The summed E-state index contributed by atoms with van der Waals surface area (Å²) in [5.41, 5.74) is 2.23. The molecule has 108 valence electrons. The molecule has 2 heterocycles. The largest absolute Gasteiger partial charge is 0.342 e. The second-order valence-corrected chi connectivity index (χ2v) is 5.23. The number of halogens is 1. The van der Waals surface area contributed by atoms with Crippen molar-refractivity contribution in [3.63, 3.8) is 0 Å². The Morgan fingerprint density at radius 2 is 2.24 bits per heavy atom. The molecule has 0 aliphatic heterocycles. The molecule has 0 atom stereocenters. The lowest BCUT2D eigenvalue weighted by Gasteiger charge is -2.06. The SMILES string of the molecule is CCCn1cc(Cl)cc1C(=O)Nc1nc2ccccc2[nH]1. The number of imidazole rings is 1. The van der Waals surface area contributed by atoms with Gasteiger partial charge in [-0.3, -0.25) is 10.1 Å². The second kappa shape index (κ2) is 5.61. The van der Waals surface area contributed by atoms with Gasteiger partial charge in [-0.15, -0.1) is 0 Å². The normalized spacial score (nSPS) is 11.0. The lowest BCUT2D eigenvalue weighted by Crippen LogP contribution is -2.17. The molecule has 0 aliphatic rings. The molecule has 0 radical (unpaired) electrons. The number of nitrogens with one attached hydrogen (secondary N) is 2. The van der Waals surface area contributed by atoms with E-state index in [9.17, 15) is 4.79 Å². The Labute approximate surface area is 126 Å². The molecule has 0 aliphatic carbocycles. The number of benzene rings is 1. The Morgan fingerprint density at radius 1 is 1.43 bits per heavy atom. The number of amides is 1. The molecule has 3 rings (SSSR count). The van der Waals surface area contributed by atoms with Crippen molar-refractivity contribution in [2.45, 2.75) is 19.9 Å². The Bertz CT molecular complexity index is 757. The van der Waals surface area contributed by atoms with Crippen LogP contribution in [0.2, 0.25) is 5.02 Å². The molecule has 5 nitrogen and oxygen atoms in total. The lowest BCUT2D eigenvalue weighted by atomic mass is 10.3. The zero-order valence-corrected chi connectivity index (χ0v) is 12.3. The Hall–Kier alpha value is -2.27. The number of hydrogen-bond acceptors (Lipinski definition) is 2. The minimum Gasteiger partial charge on any atom is -0.342 e. The number of carbonyl (C=O) groups is 1. The number of para-hydroxylation sites is 2. The predicted octanol–water partition coefficient (Wildman–Crippen LogP) is 3.68. The first kappa shape index (κ1) is 13.7. The lowest BCUT2D eigenvalue weighted by molar-refractivity contribution is 0.101. The Balaban J connectivity index is 1.85. The standard InChI is InChI=1S/C15H15ClN4O/c1-2-7-20-9-10(16)8-13(20)14(21)19-15-17-11-5-3-4-6-12(11)18-15/h3-6,8-9H,2,7H2,1H3,(H2,17,18,19,21). The molecule has 1 amide bonds. The summed E-state index contributed by atoms with van der Waals surface area (Å²) in [5, 5.41) is 3.33. The smallest absolute Gasteiger partial charge is 0.274 e. The van der Waals surface area contributed by atoms with Gasteiger partial charge in [-0.05, 0) is 24.6 Å². The van der Waals surface area contributed by atoms with Crippen LogP contribution in [0.25, 0.3) is 11.0 Å². The molecule has 0 saturated carbocycles. The van der Waals surface area contributed by atoms with Crippen LogP contribution in [0.4, 0.5) is 5.95 Å². The summed E-state index contributed by atoms with van der Waals surface area (Å²) in [4.78, 5) is 19.7. The number of hydrogen-bond donors (Lipinski definition) is 2. The third-order valence-electron chi connectivity index (χ3n) is 3.18. The third-order valence-corrected chi connectivity index (χ3v) is 3.39. The molecular weight excluding hydrogens is 288 g/mol. The third kappa shape index (κ3) is 2.78. The zero-order valence-electron chi connectivity index (χ0n) is 11.6. The molecule has 0 saturated heterocycles. The van der Waals surface area contributed by atoms with E-state index >= 15 is 0 Å². The molecule has 0 unspecified atom stereocenters. The second-order valence-electron chi connectivity index (χ2n) is 4.79. The molecule has 0 spiro atoms. The van der Waals surface area contributed by atoms with Gasteiger partial charge in [0.2, 0.25) is 5.95 Å². The maximum absolute atomic E-state index is 12.3. The first-order valence-electron chi connectivity index (χ1n) is 6.79. The van der Waals surface area contributed by atoms with Gasteiger partial charge >= 0.3 is 0 Å². The van der Waals surface area contributed by atoms with Crippen molar-refractivity contribution >= 4 is 34.5 Å². The van der Waals surface area contributed by atoms with Crippen LogP contribution in [0.1, 0.15) is 23.8 Å². The van der Waals surface area contributed by atoms with E-state index in [0.717, 1.165) is 24.0 Å². The summed E-state index contributed by atoms with van der Waals surface area (Å²) in [6.45, 7) is 2.80. The number of aryl methyl sites for hydroxylation is 1. The fourth-order valence-corrected chi connectivity index (χ4v) is 2.50. The van der Waals surface area contributed by atoms with Crippen LogP contribution in [0.5, 0.6) is 0 Å². The summed E-state index contributed by atoms with van der Waals surface area (Å²) in [5.74, 6) is 0.205. The van der Waals surface area contributed by atoms with Gasteiger partial charge in [0.05, 0.1) is 16.1 Å². The topological polar surface area (TPSA) is 62.7 Å². The van der Waals surface area contributed by atoms with Crippen molar-refractivity contribution in [2.75, 3.05) is 5.32 Å². The van der Waals surface area contributed by atoms with Gasteiger partial charge in [-0.1, -0.05) is 30.7 Å². The van der Waals surface area contributed by atoms with E-state index in [1.807, 2.05) is 28.8 Å². The van der Waals surface area contributed by atoms with Crippen LogP contribution in [0.15, 0.2) is 36.5 Å². The first-order chi connectivity index (χ1) is 10.2. The molecule has 0 bridgehead atoms. The van der Waals surface area contributed by atoms with Crippen molar-refractivity contribution in [2.24, 2.45) is 0 Å². The number of H-pyrrole nitrogens is 1. The van der Waals surface area contributed by atoms with E-state index in [1.165, 1.54) is 0 Å². The van der Waals surface area contributed by atoms with Gasteiger partial charge in [0.15, 0.2) is 0 Å². The molecule has 6 heteroatoms. The van der Waals surface area contributed by atoms with Crippen LogP contribution < -0.4 is 5.32 Å². The molecule has 2 N–H and O–H groups in total. The minimum absolute atomic E-state index is 0.227. The van der Waals surface area contributed by atoms with Crippen molar-refractivity contribution in [1.82, 2.24) is 14.5 Å². The summed E-state index contributed by atoms with van der Waals surface area (Å²) < 4.78 is 1.85. The van der Waals surface area contributed by atoms with Crippen molar-refractivity contribution in [1.29, 1.82) is 0 Å². The molecule has 3 aromatic rings. The molecule has 21 heavy (non-hydrogen) atoms. The van der Waals surface area contributed by atoms with E-state index in [4.69, 9.17) is 11.6 Å². The number of carbonyl (C=O) groups excluding carboxylic acids is 1. The van der Waals surface area contributed by atoms with Crippen molar-refractivity contribution in [3.8, 4) is 0 Å². The predicted molar refractivity (Wildman–Crippen MR) is 83.8 cm³/mol. The van der Waals surface area contributed by atoms with Gasteiger partial charge < -0.3 is 9.55 Å². The van der Waals surface area contributed by atoms with Gasteiger partial charge in [0.1, 0.15) is 5.69 Å². The Morgan fingerprint density at radius 3 is 3.00 bits per heavy atom. The molecule has 1 aromatic carbocycles. The number of anilines is 1. The first-order valence-corrected chi connectivity index (χ1v) is 7.17. The monoisotopic (exact) mass is 302 g/mol. The molecule has 2 aromatic heterocycles. The van der Waals surface area contributed by atoms with E-state index in [0.29, 0.717) is 16.7 Å². The maximum atomic E-state index is 12.3.